The molecule has 122 valence electrons. The summed E-state index contributed by atoms with van der Waals surface area (Å²) < 4.78 is 0. The fraction of sp³-hybridized carbons (Fsp3) is 0.944. The van der Waals surface area contributed by atoms with Crippen molar-refractivity contribution in [2.75, 3.05) is 6.54 Å². The van der Waals surface area contributed by atoms with Crippen LogP contribution in [0.5, 0.6) is 0 Å². The second-order valence-electron chi connectivity index (χ2n) is 7.93. The third-order valence-electron chi connectivity index (χ3n) is 6.39. The molecule has 2 aliphatic carbocycles. The van der Waals surface area contributed by atoms with Crippen molar-refractivity contribution >= 4 is 5.97 Å². The lowest BCUT2D eigenvalue weighted by Crippen LogP contribution is -2.40. The largest absolute Gasteiger partial charge is 0.481 e. The molecule has 2 unspecified atom stereocenters. The molecule has 0 aromatic carbocycles. The monoisotopic (exact) mass is 295 g/mol. The summed E-state index contributed by atoms with van der Waals surface area (Å²) in [6.07, 6.45) is 9.48. The minimum atomic E-state index is -0.590. The molecule has 0 bridgehead atoms. The van der Waals surface area contributed by atoms with E-state index in [0.29, 0.717) is 17.4 Å². The van der Waals surface area contributed by atoms with Crippen molar-refractivity contribution in [1.29, 1.82) is 0 Å². The summed E-state index contributed by atoms with van der Waals surface area (Å²) in [5.74, 6) is 0.520. The van der Waals surface area contributed by atoms with Crippen LogP contribution >= 0.6 is 0 Å². The molecular formula is C18H33NO2. The molecule has 2 fully saturated rings. The lowest BCUT2D eigenvalue weighted by atomic mass is 9.69. The molecule has 0 heterocycles. The third kappa shape index (κ3) is 4.21. The second-order valence-corrected chi connectivity index (χ2v) is 7.93. The highest BCUT2D eigenvalue weighted by molar-refractivity contribution is 5.70. The Hall–Kier alpha value is -0.570. The molecule has 0 saturated heterocycles. The zero-order chi connectivity index (χ0) is 15.5. The Bertz CT molecular complexity index is 345. The van der Waals surface area contributed by atoms with Crippen LogP contribution < -0.4 is 5.32 Å². The maximum atomic E-state index is 11.2. The van der Waals surface area contributed by atoms with E-state index in [1.165, 1.54) is 32.1 Å². The Morgan fingerprint density at radius 2 is 1.81 bits per heavy atom. The molecule has 0 aromatic rings. The number of hydrogen-bond acceptors (Lipinski definition) is 2. The first-order valence-corrected chi connectivity index (χ1v) is 8.90. The predicted molar refractivity (Wildman–Crippen MR) is 86.3 cm³/mol. The molecule has 2 rings (SSSR count). The number of aliphatic carboxylic acids is 1. The molecule has 2 N–H and O–H groups in total. The van der Waals surface area contributed by atoms with Gasteiger partial charge in [0.2, 0.25) is 0 Å². The first-order chi connectivity index (χ1) is 9.94. The van der Waals surface area contributed by atoms with E-state index in [2.05, 4.69) is 26.1 Å². The first kappa shape index (κ1) is 16.8. The number of carbonyl (C=O) groups is 1. The van der Waals surface area contributed by atoms with E-state index in [1.807, 2.05) is 0 Å². The van der Waals surface area contributed by atoms with Crippen molar-refractivity contribution < 1.29 is 9.90 Å². The molecule has 3 nitrogen and oxygen atoms in total. The Balaban J connectivity index is 1.73. The minimum Gasteiger partial charge on any atom is -0.481 e. The van der Waals surface area contributed by atoms with E-state index < -0.39 is 5.97 Å². The Labute approximate surface area is 129 Å². The summed E-state index contributed by atoms with van der Waals surface area (Å²) in [6, 6.07) is 0.615. The van der Waals surface area contributed by atoms with E-state index in [1.54, 1.807) is 0 Å². The van der Waals surface area contributed by atoms with Gasteiger partial charge in [0, 0.05) is 6.04 Å². The molecule has 2 atom stereocenters. The van der Waals surface area contributed by atoms with Crippen LogP contribution in [0.25, 0.3) is 0 Å². The predicted octanol–water partition coefficient (Wildman–Crippen LogP) is 4.07. The summed E-state index contributed by atoms with van der Waals surface area (Å²) in [4.78, 5) is 11.2. The molecule has 0 aliphatic heterocycles. The number of rotatable bonds is 6. The molecule has 2 aliphatic rings. The zero-order valence-electron chi connectivity index (χ0n) is 14.0. The van der Waals surface area contributed by atoms with Gasteiger partial charge in [-0.25, -0.2) is 0 Å². The topological polar surface area (TPSA) is 49.3 Å². The standard InChI is InChI=1S/C18H33NO2/c1-4-18(2,3)14-8-10-15(11-9-14)19-12-13-6-5-7-16(13)17(20)21/h13-16,19H,4-12H2,1-3H3,(H,20,21). The highest BCUT2D eigenvalue weighted by Gasteiger charge is 2.34. The summed E-state index contributed by atoms with van der Waals surface area (Å²) in [6.45, 7) is 8.02. The summed E-state index contributed by atoms with van der Waals surface area (Å²) in [7, 11) is 0. The third-order valence-corrected chi connectivity index (χ3v) is 6.39. The van der Waals surface area contributed by atoms with Gasteiger partial charge in [-0.3, -0.25) is 4.79 Å². The van der Waals surface area contributed by atoms with E-state index in [4.69, 9.17) is 0 Å². The van der Waals surface area contributed by atoms with E-state index in [-0.39, 0.29) is 5.92 Å². The molecule has 0 aromatic heterocycles. The lowest BCUT2D eigenvalue weighted by Gasteiger charge is -2.39. The van der Waals surface area contributed by atoms with Gasteiger partial charge in [0.1, 0.15) is 0 Å². The lowest BCUT2D eigenvalue weighted by molar-refractivity contribution is -0.142. The van der Waals surface area contributed by atoms with Crippen molar-refractivity contribution in [3.05, 3.63) is 0 Å². The quantitative estimate of drug-likeness (QED) is 0.776. The molecule has 0 amide bonds. The summed E-state index contributed by atoms with van der Waals surface area (Å²) >= 11 is 0. The van der Waals surface area contributed by atoms with Gasteiger partial charge in [0.05, 0.1) is 5.92 Å². The molecular weight excluding hydrogens is 262 g/mol. The second kappa shape index (κ2) is 7.13. The smallest absolute Gasteiger partial charge is 0.306 e. The van der Waals surface area contributed by atoms with Gasteiger partial charge in [-0.05, 0) is 62.3 Å². The summed E-state index contributed by atoms with van der Waals surface area (Å²) in [5.41, 5.74) is 0.477. The van der Waals surface area contributed by atoms with Crippen LogP contribution in [0.4, 0.5) is 0 Å². The van der Waals surface area contributed by atoms with Gasteiger partial charge in [-0.2, -0.15) is 0 Å². The van der Waals surface area contributed by atoms with Crippen molar-refractivity contribution in [2.45, 2.75) is 78.2 Å². The van der Waals surface area contributed by atoms with Crippen molar-refractivity contribution in [3.8, 4) is 0 Å². The summed E-state index contributed by atoms with van der Waals surface area (Å²) in [5, 5.41) is 12.9. The Kier molecular flexibility index (Phi) is 5.70. The van der Waals surface area contributed by atoms with E-state index >= 15 is 0 Å². The van der Waals surface area contributed by atoms with Crippen molar-refractivity contribution in [2.24, 2.45) is 23.2 Å². The van der Waals surface area contributed by atoms with Gasteiger partial charge in [-0.1, -0.05) is 33.6 Å². The first-order valence-electron chi connectivity index (χ1n) is 8.90. The number of nitrogens with one attached hydrogen (secondary N) is 1. The van der Waals surface area contributed by atoms with Crippen LogP contribution in [0, 0.1) is 23.2 Å². The number of carboxylic acid groups (broad SMARTS) is 1. The SMILES string of the molecule is CCC(C)(C)C1CCC(NCC2CCCC2C(=O)O)CC1. The Morgan fingerprint density at radius 3 is 2.38 bits per heavy atom. The van der Waals surface area contributed by atoms with Crippen molar-refractivity contribution in [3.63, 3.8) is 0 Å². The fourth-order valence-electron chi connectivity index (χ4n) is 4.29. The average molecular weight is 295 g/mol. The van der Waals surface area contributed by atoms with Crippen LogP contribution in [-0.2, 0) is 4.79 Å². The fourth-order valence-corrected chi connectivity index (χ4v) is 4.29. The highest BCUT2D eigenvalue weighted by Crippen LogP contribution is 2.40. The Morgan fingerprint density at radius 1 is 1.14 bits per heavy atom. The highest BCUT2D eigenvalue weighted by atomic mass is 16.4. The van der Waals surface area contributed by atoms with E-state index in [9.17, 15) is 9.90 Å². The van der Waals surface area contributed by atoms with Gasteiger partial charge >= 0.3 is 5.97 Å². The van der Waals surface area contributed by atoms with Gasteiger partial charge in [0.15, 0.2) is 0 Å². The van der Waals surface area contributed by atoms with Crippen LogP contribution in [0.1, 0.15) is 72.1 Å². The molecule has 0 radical (unpaired) electrons. The van der Waals surface area contributed by atoms with Gasteiger partial charge in [0.25, 0.3) is 0 Å². The molecule has 2 saturated carbocycles. The maximum absolute atomic E-state index is 11.2. The van der Waals surface area contributed by atoms with Crippen LogP contribution in [0.3, 0.4) is 0 Å². The van der Waals surface area contributed by atoms with Crippen LogP contribution in [-0.4, -0.2) is 23.7 Å². The van der Waals surface area contributed by atoms with E-state index in [0.717, 1.165) is 31.7 Å². The molecule has 21 heavy (non-hydrogen) atoms. The molecule has 3 heteroatoms. The van der Waals surface area contributed by atoms with Gasteiger partial charge in [-0.15, -0.1) is 0 Å². The zero-order valence-corrected chi connectivity index (χ0v) is 14.0. The maximum Gasteiger partial charge on any atom is 0.306 e. The average Bonchev–Trinajstić information content (AvgIpc) is 2.94. The minimum absolute atomic E-state index is 0.104. The number of hydrogen-bond donors (Lipinski definition) is 2. The normalized spacial score (nSPS) is 34.0. The van der Waals surface area contributed by atoms with Gasteiger partial charge < -0.3 is 10.4 Å². The molecule has 0 spiro atoms. The van der Waals surface area contributed by atoms with Crippen molar-refractivity contribution in [1.82, 2.24) is 5.32 Å². The van der Waals surface area contributed by atoms with Crippen LogP contribution in [0.2, 0.25) is 0 Å². The number of carboxylic acids is 1. The van der Waals surface area contributed by atoms with Crippen LogP contribution in [0.15, 0.2) is 0 Å².